The quantitative estimate of drug-likeness (QED) is 0.608. The van der Waals surface area contributed by atoms with E-state index in [1.165, 1.54) is 0 Å². The maximum absolute atomic E-state index is 12.7. The number of nitrogens with one attached hydrogen (secondary N) is 1. The van der Waals surface area contributed by atoms with Gasteiger partial charge in [0, 0.05) is 35.8 Å². The summed E-state index contributed by atoms with van der Waals surface area (Å²) in [6, 6.07) is 6.98. The lowest BCUT2D eigenvalue weighted by Gasteiger charge is -2.26. The number of benzene rings is 1. The predicted molar refractivity (Wildman–Crippen MR) is 120 cm³/mol. The van der Waals surface area contributed by atoms with E-state index in [-0.39, 0.29) is 17.9 Å². The van der Waals surface area contributed by atoms with E-state index in [4.69, 9.17) is 26.1 Å². The van der Waals surface area contributed by atoms with Crippen molar-refractivity contribution in [2.45, 2.75) is 19.9 Å². The van der Waals surface area contributed by atoms with Gasteiger partial charge < -0.3 is 19.2 Å². The number of hydrogen-bond donors (Lipinski definition) is 1. The van der Waals surface area contributed by atoms with Crippen molar-refractivity contribution in [1.82, 2.24) is 14.3 Å². The first kappa shape index (κ1) is 21.9. The standard InChI is InChI=1S/C22H27ClN4O3/c1-13(2)21(26(3)4)22(28)24-14-7-8-27-12-17(25-20(27)9-14)15-10-16(23)19(30-6)11-18(15)29-5/h7-13,21H,1-6H3,(H,24,28). The van der Waals surface area contributed by atoms with Gasteiger partial charge in [-0.05, 0) is 32.1 Å². The fourth-order valence-corrected chi connectivity index (χ4v) is 3.84. The molecule has 0 radical (unpaired) electrons. The van der Waals surface area contributed by atoms with Crippen LogP contribution in [0.2, 0.25) is 5.02 Å². The smallest absolute Gasteiger partial charge is 0.241 e. The third-order valence-electron chi connectivity index (χ3n) is 4.93. The van der Waals surface area contributed by atoms with Gasteiger partial charge in [0.25, 0.3) is 0 Å². The normalized spacial score (nSPS) is 12.4. The highest BCUT2D eigenvalue weighted by molar-refractivity contribution is 6.32. The average molecular weight is 431 g/mol. The molecular weight excluding hydrogens is 404 g/mol. The first-order valence-corrected chi connectivity index (χ1v) is 10.0. The molecule has 8 heteroatoms. The first-order chi connectivity index (χ1) is 14.2. The fourth-order valence-electron chi connectivity index (χ4n) is 3.60. The molecule has 0 saturated heterocycles. The number of rotatable bonds is 7. The van der Waals surface area contributed by atoms with Gasteiger partial charge in [-0.1, -0.05) is 25.4 Å². The zero-order valence-corrected chi connectivity index (χ0v) is 18.8. The van der Waals surface area contributed by atoms with Crippen LogP contribution in [0.4, 0.5) is 5.69 Å². The Kier molecular flexibility index (Phi) is 6.53. The van der Waals surface area contributed by atoms with Gasteiger partial charge in [0.1, 0.15) is 17.1 Å². The van der Waals surface area contributed by atoms with Crippen molar-refractivity contribution in [3.8, 4) is 22.8 Å². The van der Waals surface area contributed by atoms with Crippen LogP contribution < -0.4 is 14.8 Å². The molecule has 3 aromatic rings. The van der Waals surface area contributed by atoms with Crippen LogP contribution >= 0.6 is 11.6 Å². The number of methoxy groups -OCH3 is 2. The number of hydrogen-bond acceptors (Lipinski definition) is 5. The molecule has 7 nitrogen and oxygen atoms in total. The van der Waals surface area contributed by atoms with Crippen molar-refractivity contribution in [3.05, 3.63) is 41.7 Å². The van der Waals surface area contributed by atoms with Crippen LogP contribution in [0.1, 0.15) is 13.8 Å². The molecule has 30 heavy (non-hydrogen) atoms. The van der Waals surface area contributed by atoms with Gasteiger partial charge >= 0.3 is 0 Å². The van der Waals surface area contributed by atoms with Crippen molar-refractivity contribution in [2.24, 2.45) is 5.92 Å². The highest BCUT2D eigenvalue weighted by Crippen LogP contribution is 2.38. The van der Waals surface area contributed by atoms with Crippen LogP contribution in [0.25, 0.3) is 16.9 Å². The lowest BCUT2D eigenvalue weighted by Crippen LogP contribution is -2.43. The maximum atomic E-state index is 12.7. The lowest BCUT2D eigenvalue weighted by atomic mass is 10.0. The van der Waals surface area contributed by atoms with Crippen LogP contribution in [-0.4, -0.2) is 54.5 Å². The largest absolute Gasteiger partial charge is 0.496 e. The molecule has 1 unspecified atom stereocenters. The summed E-state index contributed by atoms with van der Waals surface area (Å²) in [4.78, 5) is 19.3. The molecule has 160 valence electrons. The summed E-state index contributed by atoms with van der Waals surface area (Å²) >= 11 is 6.30. The number of anilines is 1. The molecule has 0 fully saturated rings. The van der Waals surface area contributed by atoms with Crippen LogP contribution in [-0.2, 0) is 4.79 Å². The van der Waals surface area contributed by atoms with Gasteiger partial charge in [-0.15, -0.1) is 0 Å². The second kappa shape index (κ2) is 8.93. The summed E-state index contributed by atoms with van der Waals surface area (Å²) in [6.45, 7) is 4.06. The summed E-state index contributed by atoms with van der Waals surface area (Å²) in [5, 5.41) is 3.47. The number of imidazole rings is 1. The molecule has 1 aromatic carbocycles. The number of pyridine rings is 1. The molecule has 0 saturated carbocycles. The van der Waals surface area contributed by atoms with Gasteiger partial charge in [0.05, 0.1) is 31.0 Å². The molecule has 0 bridgehead atoms. The van der Waals surface area contributed by atoms with Gasteiger partial charge in [0.15, 0.2) is 0 Å². The molecule has 1 N–H and O–H groups in total. The van der Waals surface area contributed by atoms with E-state index >= 15 is 0 Å². The SMILES string of the molecule is COc1cc(OC)c(-c2cn3ccc(NC(=O)C(C(C)C)N(C)C)cc3n2)cc1Cl. The van der Waals surface area contributed by atoms with E-state index < -0.39 is 0 Å². The minimum absolute atomic E-state index is 0.0465. The van der Waals surface area contributed by atoms with Crippen molar-refractivity contribution in [2.75, 3.05) is 33.6 Å². The van der Waals surface area contributed by atoms with E-state index in [1.54, 1.807) is 26.4 Å². The number of carbonyl (C=O) groups excluding carboxylic acids is 1. The van der Waals surface area contributed by atoms with E-state index in [0.29, 0.717) is 33.6 Å². The third-order valence-corrected chi connectivity index (χ3v) is 5.23. The zero-order valence-electron chi connectivity index (χ0n) is 18.1. The number of ether oxygens (including phenoxy) is 2. The molecule has 1 amide bonds. The minimum Gasteiger partial charge on any atom is -0.496 e. The second-order valence-electron chi connectivity index (χ2n) is 7.64. The number of halogens is 1. The summed E-state index contributed by atoms with van der Waals surface area (Å²) in [6.07, 6.45) is 3.75. The predicted octanol–water partition coefficient (Wildman–Crippen LogP) is 4.20. The summed E-state index contributed by atoms with van der Waals surface area (Å²) in [5.74, 6) is 1.29. The summed E-state index contributed by atoms with van der Waals surface area (Å²) in [5.41, 5.74) is 2.85. The van der Waals surface area contributed by atoms with Crippen LogP contribution in [0, 0.1) is 5.92 Å². The van der Waals surface area contributed by atoms with Crippen LogP contribution in [0.3, 0.4) is 0 Å². The van der Waals surface area contributed by atoms with E-state index in [1.807, 2.05) is 61.8 Å². The molecule has 0 spiro atoms. The molecule has 0 aliphatic rings. The van der Waals surface area contributed by atoms with Gasteiger partial charge in [-0.3, -0.25) is 9.69 Å². The fraction of sp³-hybridized carbons (Fsp3) is 0.364. The average Bonchev–Trinajstić information content (AvgIpc) is 3.10. The first-order valence-electron chi connectivity index (χ1n) is 9.63. The van der Waals surface area contributed by atoms with Gasteiger partial charge in [-0.2, -0.15) is 0 Å². The number of aromatic nitrogens is 2. The Balaban J connectivity index is 1.94. The number of fused-ring (bicyclic) bond motifs is 1. The Labute approximate surface area is 181 Å². The summed E-state index contributed by atoms with van der Waals surface area (Å²) in [7, 11) is 6.95. The maximum Gasteiger partial charge on any atom is 0.241 e. The highest BCUT2D eigenvalue weighted by Gasteiger charge is 2.24. The van der Waals surface area contributed by atoms with Crippen molar-refractivity contribution in [3.63, 3.8) is 0 Å². The van der Waals surface area contributed by atoms with Crippen molar-refractivity contribution < 1.29 is 14.3 Å². The van der Waals surface area contributed by atoms with Crippen LogP contribution in [0.5, 0.6) is 11.5 Å². The summed E-state index contributed by atoms with van der Waals surface area (Å²) < 4.78 is 12.6. The topological polar surface area (TPSA) is 68.1 Å². The zero-order chi connectivity index (χ0) is 22.0. The molecule has 2 aromatic heterocycles. The van der Waals surface area contributed by atoms with E-state index in [0.717, 1.165) is 5.56 Å². The molecule has 0 aliphatic carbocycles. The molecule has 1 atom stereocenters. The Morgan fingerprint density at radius 1 is 1.17 bits per heavy atom. The van der Waals surface area contributed by atoms with Crippen molar-refractivity contribution >= 4 is 28.8 Å². The lowest BCUT2D eigenvalue weighted by molar-refractivity contribution is -0.121. The number of nitrogens with zero attached hydrogens (tertiary/aromatic N) is 3. The highest BCUT2D eigenvalue weighted by atomic mass is 35.5. The molecular formula is C22H27ClN4O3. The monoisotopic (exact) mass is 430 g/mol. The number of likely N-dealkylation sites (N-methyl/N-ethyl adjacent to an activating group) is 1. The van der Waals surface area contributed by atoms with Crippen molar-refractivity contribution in [1.29, 1.82) is 0 Å². The van der Waals surface area contributed by atoms with Gasteiger partial charge in [0.2, 0.25) is 5.91 Å². The van der Waals surface area contributed by atoms with Crippen LogP contribution in [0.15, 0.2) is 36.7 Å². The minimum atomic E-state index is -0.220. The Morgan fingerprint density at radius 3 is 2.47 bits per heavy atom. The number of carbonyl (C=O) groups is 1. The molecule has 2 heterocycles. The Bertz CT molecular complexity index is 1050. The van der Waals surface area contributed by atoms with Gasteiger partial charge in [-0.25, -0.2) is 4.98 Å². The van der Waals surface area contributed by atoms with E-state index in [2.05, 4.69) is 5.32 Å². The third kappa shape index (κ3) is 4.37. The number of amides is 1. The Morgan fingerprint density at radius 2 is 1.87 bits per heavy atom. The Hall–Kier alpha value is -2.77. The second-order valence-corrected chi connectivity index (χ2v) is 8.04. The van der Waals surface area contributed by atoms with E-state index in [9.17, 15) is 4.79 Å². The molecule has 3 rings (SSSR count). The molecule has 0 aliphatic heterocycles.